The third kappa shape index (κ3) is 3.44. The molecule has 0 fully saturated rings. The standard InChI is InChI=1S/C14H19N3OS/c1-4-12-10(2)7-13(19-12)14(18)16-11(3)8-17-6-5-15-9-17/h5-7,9,11H,4,8H2,1-3H3,(H,16,18). The Labute approximate surface area is 117 Å². The molecule has 2 aromatic heterocycles. The van der Waals surface area contributed by atoms with Crippen LogP contribution in [0.15, 0.2) is 24.8 Å². The number of hydrogen-bond acceptors (Lipinski definition) is 3. The monoisotopic (exact) mass is 277 g/mol. The molecule has 0 aliphatic rings. The van der Waals surface area contributed by atoms with E-state index in [-0.39, 0.29) is 11.9 Å². The first-order chi connectivity index (χ1) is 9.10. The fourth-order valence-electron chi connectivity index (χ4n) is 2.03. The number of carbonyl (C=O) groups is 1. The number of aromatic nitrogens is 2. The van der Waals surface area contributed by atoms with Crippen LogP contribution in [0.5, 0.6) is 0 Å². The molecule has 4 nitrogen and oxygen atoms in total. The Bertz CT molecular complexity index is 545. The highest BCUT2D eigenvalue weighted by Gasteiger charge is 2.14. The highest BCUT2D eigenvalue weighted by atomic mass is 32.1. The molecule has 1 N–H and O–H groups in total. The van der Waals surface area contributed by atoms with Crippen LogP contribution >= 0.6 is 11.3 Å². The molecule has 1 unspecified atom stereocenters. The number of carbonyl (C=O) groups excluding carboxylic acids is 1. The average molecular weight is 277 g/mol. The first-order valence-corrected chi connectivity index (χ1v) is 7.27. The third-order valence-corrected chi connectivity index (χ3v) is 4.37. The molecule has 0 spiro atoms. The Hall–Kier alpha value is -1.62. The molecular weight excluding hydrogens is 258 g/mol. The largest absolute Gasteiger partial charge is 0.347 e. The molecule has 1 amide bonds. The Morgan fingerprint density at radius 3 is 2.95 bits per heavy atom. The number of hydrogen-bond donors (Lipinski definition) is 1. The van der Waals surface area contributed by atoms with Crippen molar-refractivity contribution in [1.29, 1.82) is 0 Å². The topological polar surface area (TPSA) is 46.9 Å². The lowest BCUT2D eigenvalue weighted by Gasteiger charge is -2.13. The predicted molar refractivity (Wildman–Crippen MR) is 77.6 cm³/mol. The van der Waals surface area contributed by atoms with Gasteiger partial charge in [0.15, 0.2) is 0 Å². The summed E-state index contributed by atoms with van der Waals surface area (Å²) in [6.07, 6.45) is 6.37. The van der Waals surface area contributed by atoms with Crippen LogP contribution < -0.4 is 5.32 Å². The molecule has 0 bridgehead atoms. The fourth-order valence-corrected chi connectivity index (χ4v) is 3.05. The van der Waals surface area contributed by atoms with Crippen molar-refractivity contribution in [1.82, 2.24) is 14.9 Å². The number of rotatable bonds is 5. The Balaban J connectivity index is 1.96. The van der Waals surface area contributed by atoms with Crippen molar-refractivity contribution in [2.75, 3.05) is 0 Å². The molecule has 102 valence electrons. The van der Waals surface area contributed by atoms with Gasteiger partial charge in [0, 0.05) is 29.9 Å². The van der Waals surface area contributed by atoms with Crippen LogP contribution in [-0.4, -0.2) is 21.5 Å². The molecule has 1 atom stereocenters. The van der Waals surface area contributed by atoms with E-state index in [9.17, 15) is 4.79 Å². The van der Waals surface area contributed by atoms with Gasteiger partial charge in [-0.05, 0) is 31.9 Å². The molecule has 19 heavy (non-hydrogen) atoms. The lowest BCUT2D eigenvalue weighted by molar-refractivity contribution is 0.0941. The lowest BCUT2D eigenvalue weighted by Crippen LogP contribution is -2.35. The van der Waals surface area contributed by atoms with Gasteiger partial charge in [0.25, 0.3) is 5.91 Å². The minimum atomic E-state index is 0.0143. The van der Waals surface area contributed by atoms with E-state index in [0.717, 1.165) is 17.8 Å². The summed E-state index contributed by atoms with van der Waals surface area (Å²) >= 11 is 1.59. The van der Waals surface area contributed by atoms with Crippen LogP contribution in [0.25, 0.3) is 0 Å². The first-order valence-electron chi connectivity index (χ1n) is 6.46. The molecule has 5 heteroatoms. The zero-order chi connectivity index (χ0) is 13.8. The maximum Gasteiger partial charge on any atom is 0.261 e. The Morgan fingerprint density at radius 1 is 1.58 bits per heavy atom. The van der Waals surface area contributed by atoms with E-state index in [4.69, 9.17) is 0 Å². The fraction of sp³-hybridized carbons (Fsp3) is 0.429. The van der Waals surface area contributed by atoms with Gasteiger partial charge in [0.1, 0.15) is 0 Å². The summed E-state index contributed by atoms with van der Waals surface area (Å²) in [5.41, 5.74) is 1.21. The van der Waals surface area contributed by atoms with Gasteiger partial charge in [-0.1, -0.05) is 6.92 Å². The maximum atomic E-state index is 12.1. The Kier molecular flexibility index (Phi) is 4.37. The van der Waals surface area contributed by atoms with E-state index in [1.807, 2.05) is 23.8 Å². The number of amides is 1. The molecule has 0 aliphatic heterocycles. The quantitative estimate of drug-likeness (QED) is 0.913. The minimum absolute atomic E-state index is 0.0143. The molecular formula is C14H19N3OS. The lowest BCUT2D eigenvalue weighted by atomic mass is 10.2. The van der Waals surface area contributed by atoms with Crippen molar-refractivity contribution in [3.05, 3.63) is 40.1 Å². The molecule has 2 heterocycles. The molecule has 0 aliphatic carbocycles. The van der Waals surface area contributed by atoms with Crippen LogP contribution in [0.4, 0.5) is 0 Å². The third-order valence-electron chi connectivity index (χ3n) is 2.99. The highest BCUT2D eigenvalue weighted by Crippen LogP contribution is 2.22. The SMILES string of the molecule is CCc1sc(C(=O)NC(C)Cn2ccnc2)cc1C. The zero-order valence-corrected chi connectivity index (χ0v) is 12.3. The number of nitrogens with one attached hydrogen (secondary N) is 1. The van der Waals surface area contributed by atoms with E-state index >= 15 is 0 Å². The van der Waals surface area contributed by atoms with Crippen molar-refractivity contribution < 1.29 is 4.79 Å². The normalized spacial score (nSPS) is 12.4. The second kappa shape index (κ2) is 6.02. The number of imidazole rings is 1. The van der Waals surface area contributed by atoms with Crippen LogP contribution in [0.2, 0.25) is 0 Å². The summed E-state index contributed by atoms with van der Waals surface area (Å²) < 4.78 is 1.96. The van der Waals surface area contributed by atoms with Crippen LogP contribution in [0.1, 0.15) is 34.0 Å². The van der Waals surface area contributed by atoms with Crippen LogP contribution in [0.3, 0.4) is 0 Å². The second-order valence-corrected chi connectivity index (χ2v) is 5.84. The summed E-state index contributed by atoms with van der Waals surface area (Å²) in [5.74, 6) is 0.0143. The molecule has 0 saturated heterocycles. The van der Waals surface area contributed by atoms with Gasteiger partial charge in [-0.3, -0.25) is 4.79 Å². The van der Waals surface area contributed by atoms with E-state index in [0.29, 0.717) is 0 Å². The molecule has 0 saturated carbocycles. The predicted octanol–water partition coefficient (Wildman–Crippen LogP) is 2.63. The van der Waals surface area contributed by atoms with E-state index in [1.54, 1.807) is 23.9 Å². The van der Waals surface area contributed by atoms with Gasteiger partial charge in [-0.25, -0.2) is 4.98 Å². The van der Waals surface area contributed by atoms with E-state index < -0.39 is 0 Å². The molecule has 0 aromatic carbocycles. The molecule has 2 rings (SSSR count). The van der Waals surface area contributed by atoms with Gasteiger partial charge < -0.3 is 9.88 Å². The number of thiophene rings is 1. The van der Waals surface area contributed by atoms with E-state index in [1.165, 1.54) is 10.4 Å². The molecule has 2 aromatic rings. The summed E-state index contributed by atoms with van der Waals surface area (Å²) in [4.78, 5) is 18.2. The number of aryl methyl sites for hydroxylation is 2. The van der Waals surface area contributed by atoms with Gasteiger partial charge in [0.2, 0.25) is 0 Å². The van der Waals surface area contributed by atoms with Crippen molar-refractivity contribution >= 4 is 17.2 Å². The average Bonchev–Trinajstić information content (AvgIpc) is 2.98. The van der Waals surface area contributed by atoms with Gasteiger partial charge in [-0.2, -0.15) is 0 Å². The van der Waals surface area contributed by atoms with Crippen molar-refractivity contribution in [2.24, 2.45) is 0 Å². The van der Waals surface area contributed by atoms with Crippen LogP contribution in [-0.2, 0) is 13.0 Å². The number of nitrogens with zero attached hydrogens (tertiary/aromatic N) is 2. The molecule has 0 radical (unpaired) electrons. The summed E-state index contributed by atoms with van der Waals surface area (Å²) in [6.45, 7) is 6.90. The summed E-state index contributed by atoms with van der Waals surface area (Å²) in [7, 11) is 0. The minimum Gasteiger partial charge on any atom is -0.347 e. The van der Waals surface area contributed by atoms with Gasteiger partial charge in [-0.15, -0.1) is 11.3 Å². The summed E-state index contributed by atoms with van der Waals surface area (Å²) in [6, 6.07) is 2.05. The maximum absolute atomic E-state index is 12.1. The van der Waals surface area contributed by atoms with Gasteiger partial charge in [0.05, 0.1) is 11.2 Å². The first kappa shape index (κ1) is 13.8. The Morgan fingerprint density at radius 2 is 2.37 bits per heavy atom. The summed E-state index contributed by atoms with van der Waals surface area (Å²) in [5, 5.41) is 3.02. The smallest absolute Gasteiger partial charge is 0.261 e. The second-order valence-electron chi connectivity index (χ2n) is 4.70. The van der Waals surface area contributed by atoms with Crippen molar-refractivity contribution in [3.63, 3.8) is 0 Å². The van der Waals surface area contributed by atoms with Crippen molar-refractivity contribution in [2.45, 2.75) is 39.8 Å². The van der Waals surface area contributed by atoms with Crippen molar-refractivity contribution in [3.8, 4) is 0 Å². The van der Waals surface area contributed by atoms with Crippen LogP contribution in [0, 0.1) is 6.92 Å². The van der Waals surface area contributed by atoms with E-state index in [2.05, 4.69) is 24.1 Å². The van der Waals surface area contributed by atoms with Gasteiger partial charge >= 0.3 is 0 Å². The zero-order valence-electron chi connectivity index (χ0n) is 11.5. The highest BCUT2D eigenvalue weighted by molar-refractivity contribution is 7.14.